The van der Waals surface area contributed by atoms with Crippen LogP contribution in [0.1, 0.15) is 12.5 Å². The molecule has 3 rings (SSSR count). The molecule has 2 aromatic rings. The molecule has 1 aliphatic heterocycles. The van der Waals surface area contributed by atoms with E-state index in [-0.39, 0.29) is 23.8 Å². The largest absolute Gasteiger partial charge is 0.461 e. The molecule has 5 nitrogen and oxygen atoms in total. The number of carbonyl (C=O) groups excluding carboxylic acids is 2. The van der Waals surface area contributed by atoms with Gasteiger partial charge in [-0.25, -0.2) is 4.79 Å². The van der Waals surface area contributed by atoms with E-state index in [4.69, 9.17) is 4.74 Å². The van der Waals surface area contributed by atoms with Gasteiger partial charge in [0, 0.05) is 0 Å². The van der Waals surface area contributed by atoms with E-state index in [1.54, 1.807) is 31.2 Å². The number of amides is 1. The smallest absolute Gasteiger partial charge is 0.355 e. The molecule has 0 unspecified atom stereocenters. The number of carbonyl (C=O) groups is 2. The van der Waals surface area contributed by atoms with Gasteiger partial charge in [0.2, 0.25) is 0 Å². The van der Waals surface area contributed by atoms with Crippen molar-refractivity contribution in [1.82, 2.24) is 0 Å². The van der Waals surface area contributed by atoms with Crippen molar-refractivity contribution in [1.29, 1.82) is 0 Å². The summed E-state index contributed by atoms with van der Waals surface area (Å²) in [6.45, 7) is 1.95. The quantitative estimate of drug-likeness (QED) is 0.839. The zero-order valence-electron chi connectivity index (χ0n) is 13.8. The van der Waals surface area contributed by atoms with E-state index in [0.717, 1.165) is 5.56 Å². The Balaban J connectivity index is 2.04. The predicted octanol–water partition coefficient (Wildman–Crippen LogP) is 3.58. The second-order valence-electron chi connectivity index (χ2n) is 5.38. The van der Waals surface area contributed by atoms with Crippen LogP contribution in [0.15, 0.2) is 71.9 Å². The molecule has 0 saturated carbocycles. The van der Waals surface area contributed by atoms with Crippen LogP contribution in [-0.2, 0) is 14.3 Å². The molecule has 1 heterocycles. The third kappa shape index (κ3) is 3.77. The summed E-state index contributed by atoms with van der Waals surface area (Å²) in [6.07, 6.45) is 3.40. The summed E-state index contributed by atoms with van der Waals surface area (Å²) in [4.78, 5) is 25.0. The fourth-order valence-electron chi connectivity index (χ4n) is 2.47. The highest BCUT2D eigenvalue weighted by Crippen LogP contribution is 2.28. The fraction of sp³-hybridized carbons (Fsp3) is 0.100. The second kappa shape index (κ2) is 7.49. The van der Waals surface area contributed by atoms with Gasteiger partial charge >= 0.3 is 5.97 Å². The number of esters is 1. The summed E-state index contributed by atoms with van der Waals surface area (Å²) in [5.74, 6) is -0.935. The van der Waals surface area contributed by atoms with Crippen LogP contribution in [0.5, 0.6) is 0 Å². The molecule has 0 bridgehead atoms. The monoisotopic (exact) mass is 334 g/mol. The van der Waals surface area contributed by atoms with Crippen LogP contribution in [0, 0.1) is 0 Å². The first-order valence-electron chi connectivity index (χ1n) is 8.01. The maximum Gasteiger partial charge on any atom is 0.355 e. The SMILES string of the molecule is CCOC(=O)C1=C(C=Cc2ccccc2)C(=O)Nc2ccccc2N1. The van der Waals surface area contributed by atoms with Gasteiger partial charge in [-0.15, -0.1) is 0 Å². The normalized spacial score (nSPS) is 13.7. The summed E-state index contributed by atoms with van der Waals surface area (Å²) in [7, 11) is 0. The third-order valence-electron chi connectivity index (χ3n) is 3.67. The molecular formula is C20H18N2O3. The molecule has 0 atom stereocenters. The average molecular weight is 334 g/mol. The number of para-hydroxylation sites is 2. The first kappa shape index (κ1) is 16.5. The van der Waals surface area contributed by atoms with Gasteiger partial charge in [-0.3, -0.25) is 4.79 Å². The Morgan fingerprint density at radius 3 is 2.28 bits per heavy atom. The van der Waals surface area contributed by atoms with Crippen molar-refractivity contribution in [3.63, 3.8) is 0 Å². The Morgan fingerprint density at radius 1 is 0.960 bits per heavy atom. The lowest BCUT2D eigenvalue weighted by Gasteiger charge is -2.10. The van der Waals surface area contributed by atoms with Gasteiger partial charge in [-0.1, -0.05) is 48.5 Å². The molecule has 0 aliphatic carbocycles. The first-order valence-corrected chi connectivity index (χ1v) is 8.01. The van der Waals surface area contributed by atoms with Crippen LogP contribution >= 0.6 is 0 Å². The van der Waals surface area contributed by atoms with E-state index >= 15 is 0 Å². The van der Waals surface area contributed by atoms with Crippen LogP contribution in [-0.4, -0.2) is 18.5 Å². The van der Waals surface area contributed by atoms with Gasteiger partial charge < -0.3 is 15.4 Å². The van der Waals surface area contributed by atoms with Crippen molar-refractivity contribution in [3.05, 3.63) is 77.5 Å². The van der Waals surface area contributed by atoms with Crippen molar-refractivity contribution in [3.8, 4) is 0 Å². The molecular weight excluding hydrogens is 316 g/mol. The number of hydrogen-bond acceptors (Lipinski definition) is 4. The lowest BCUT2D eigenvalue weighted by molar-refractivity contribution is -0.138. The molecule has 0 saturated heterocycles. The molecule has 0 aromatic heterocycles. The van der Waals surface area contributed by atoms with E-state index < -0.39 is 5.97 Å². The van der Waals surface area contributed by atoms with Crippen molar-refractivity contribution in [2.45, 2.75) is 6.92 Å². The molecule has 2 aromatic carbocycles. The molecule has 25 heavy (non-hydrogen) atoms. The number of nitrogens with one attached hydrogen (secondary N) is 2. The molecule has 1 amide bonds. The lowest BCUT2D eigenvalue weighted by atomic mass is 10.1. The van der Waals surface area contributed by atoms with Crippen LogP contribution in [0.4, 0.5) is 11.4 Å². The minimum Gasteiger partial charge on any atom is -0.461 e. The van der Waals surface area contributed by atoms with Gasteiger partial charge in [0.25, 0.3) is 5.91 Å². The topological polar surface area (TPSA) is 67.4 Å². The van der Waals surface area contributed by atoms with Crippen LogP contribution in [0.3, 0.4) is 0 Å². The van der Waals surface area contributed by atoms with Gasteiger partial charge in [0.1, 0.15) is 5.70 Å². The van der Waals surface area contributed by atoms with Crippen LogP contribution < -0.4 is 10.6 Å². The Labute approximate surface area is 146 Å². The molecule has 0 radical (unpaired) electrons. The Hall–Kier alpha value is -3.34. The minimum absolute atomic E-state index is 0.122. The Bertz CT molecular complexity index is 854. The van der Waals surface area contributed by atoms with E-state index in [0.29, 0.717) is 11.4 Å². The maximum absolute atomic E-state index is 12.6. The van der Waals surface area contributed by atoms with E-state index in [1.165, 1.54) is 0 Å². The lowest BCUT2D eigenvalue weighted by Crippen LogP contribution is -2.20. The zero-order chi connectivity index (χ0) is 17.6. The summed E-state index contributed by atoms with van der Waals surface area (Å²) in [5.41, 5.74) is 2.52. The molecule has 126 valence electrons. The number of hydrogen-bond donors (Lipinski definition) is 2. The summed E-state index contributed by atoms with van der Waals surface area (Å²) >= 11 is 0. The maximum atomic E-state index is 12.6. The average Bonchev–Trinajstić information content (AvgIpc) is 2.77. The first-order chi connectivity index (χ1) is 12.2. The van der Waals surface area contributed by atoms with Gasteiger partial charge in [-0.2, -0.15) is 0 Å². The number of rotatable bonds is 4. The number of anilines is 2. The number of ether oxygens (including phenoxy) is 1. The number of fused-ring (bicyclic) bond motifs is 1. The molecule has 5 heteroatoms. The van der Waals surface area contributed by atoms with E-state index in [2.05, 4.69) is 10.6 Å². The van der Waals surface area contributed by atoms with Crippen molar-refractivity contribution in [2.75, 3.05) is 17.2 Å². The summed E-state index contributed by atoms with van der Waals surface area (Å²) < 4.78 is 5.11. The molecule has 0 fully saturated rings. The summed E-state index contributed by atoms with van der Waals surface area (Å²) in [6, 6.07) is 16.8. The Kier molecular flexibility index (Phi) is 4.95. The number of benzene rings is 2. The van der Waals surface area contributed by atoms with E-state index in [1.807, 2.05) is 42.5 Å². The van der Waals surface area contributed by atoms with Crippen molar-refractivity contribution in [2.24, 2.45) is 0 Å². The zero-order valence-corrected chi connectivity index (χ0v) is 13.8. The predicted molar refractivity (Wildman–Crippen MR) is 97.8 cm³/mol. The minimum atomic E-state index is -0.568. The second-order valence-corrected chi connectivity index (χ2v) is 5.38. The highest BCUT2D eigenvalue weighted by atomic mass is 16.5. The fourth-order valence-corrected chi connectivity index (χ4v) is 2.47. The highest BCUT2D eigenvalue weighted by molar-refractivity contribution is 6.15. The standard InChI is InChI=1S/C20H18N2O3/c1-2-25-20(24)18-15(13-12-14-8-4-3-5-9-14)19(23)22-17-11-7-6-10-16(17)21-18/h3-13,21H,2H2,1H3,(H,22,23). The molecule has 1 aliphatic rings. The van der Waals surface area contributed by atoms with Gasteiger partial charge in [0.05, 0.1) is 23.6 Å². The van der Waals surface area contributed by atoms with Crippen LogP contribution in [0.2, 0.25) is 0 Å². The highest BCUT2D eigenvalue weighted by Gasteiger charge is 2.25. The van der Waals surface area contributed by atoms with Gasteiger partial charge in [0.15, 0.2) is 0 Å². The van der Waals surface area contributed by atoms with Gasteiger partial charge in [-0.05, 0) is 30.7 Å². The van der Waals surface area contributed by atoms with E-state index in [9.17, 15) is 9.59 Å². The third-order valence-corrected chi connectivity index (χ3v) is 3.67. The Morgan fingerprint density at radius 2 is 1.60 bits per heavy atom. The van der Waals surface area contributed by atoms with Crippen molar-refractivity contribution >= 4 is 29.3 Å². The summed E-state index contributed by atoms with van der Waals surface area (Å²) in [5, 5.41) is 5.85. The molecule has 2 N–H and O–H groups in total. The molecule has 0 spiro atoms. The van der Waals surface area contributed by atoms with Crippen LogP contribution in [0.25, 0.3) is 6.08 Å². The van der Waals surface area contributed by atoms with Crippen molar-refractivity contribution < 1.29 is 14.3 Å².